The fourth-order valence-corrected chi connectivity index (χ4v) is 3.73. The van der Waals surface area contributed by atoms with Gasteiger partial charge in [0.05, 0.1) is 10.0 Å². The molecule has 2 atom stereocenters. The largest absolute Gasteiger partial charge is 0.478 e. The molecule has 0 bridgehead atoms. The summed E-state index contributed by atoms with van der Waals surface area (Å²) in [6, 6.07) is 9.04. The van der Waals surface area contributed by atoms with Crippen molar-refractivity contribution < 1.29 is 28.0 Å². The van der Waals surface area contributed by atoms with Crippen LogP contribution >= 0.6 is 54.2 Å². The second kappa shape index (κ2) is 9.68. The highest BCUT2D eigenvalue weighted by molar-refractivity contribution is 7.47. The maximum absolute atomic E-state index is 12.1. The summed E-state index contributed by atoms with van der Waals surface area (Å²) in [7, 11) is -4.52. The molecule has 0 radical (unpaired) electrons. The molecule has 6 nitrogen and oxygen atoms in total. The van der Waals surface area contributed by atoms with Crippen LogP contribution in [-0.2, 0) is 13.6 Å². The number of hydrogen-bond acceptors (Lipinski definition) is 5. The molecule has 0 fully saturated rings. The summed E-state index contributed by atoms with van der Waals surface area (Å²) in [5.74, 6) is 0.455. The van der Waals surface area contributed by atoms with Gasteiger partial charge in [-0.1, -0.05) is 46.4 Å². The smallest absolute Gasteiger partial charge is 0.463 e. The molecule has 0 amide bonds. The topological polar surface area (TPSA) is 74.2 Å². The molecule has 11 heteroatoms. The van der Waals surface area contributed by atoms with E-state index < -0.39 is 20.4 Å². The third-order valence-electron chi connectivity index (χ3n) is 2.94. The van der Waals surface area contributed by atoms with Crippen LogP contribution in [0.2, 0.25) is 20.1 Å². The Morgan fingerprint density at radius 3 is 1.52 bits per heavy atom. The van der Waals surface area contributed by atoms with E-state index in [1.54, 1.807) is 12.1 Å². The SMILES string of the molecule is CC(Oc1ccc(Cl)cc1Cl)OP(=O)(O)OC(C)Oc1ccc(Cl)cc1Cl. The molecule has 2 rings (SSSR count). The van der Waals surface area contributed by atoms with Crippen LogP contribution in [0.4, 0.5) is 0 Å². The Bertz CT molecular complexity index is 784. The van der Waals surface area contributed by atoms with E-state index in [4.69, 9.17) is 64.9 Å². The molecule has 0 aromatic heterocycles. The van der Waals surface area contributed by atoms with Crippen LogP contribution in [0.1, 0.15) is 13.8 Å². The van der Waals surface area contributed by atoms with Crippen molar-refractivity contribution >= 4 is 54.2 Å². The van der Waals surface area contributed by atoms with E-state index in [2.05, 4.69) is 0 Å². The molecule has 0 spiro atoms. The highest BCUT2D eigenvalue weighted by Crippen LogP contribution is 2.46. The van der Waals surface area contributed by atoms with E-state index in [1.165, 1.54) is 38.1 Å². The maximum Gasteiger partial charge on any atom is 0.478 e. The van der Waals surface area contributed by atoms with Crippen molar-refractivity contribution in [1.29, 1.82) is 0 Å². The van der Waals surface area contributed by atoms with E-state index in [0.29, 0.717) is 10.0 Å². The third-order valence-corrected chi connectivity index (χ3v) is 5.12. The summed E-state index contributed by atoms with van der Waals surface area (Å²) in [4.78, 5) is 9.88. The van der Waals surface area contributed by atoms with Crippen LogP contribution in [0.15, 0.2) is 36.4 Å². The van der Waals surface area contributed by atoms with Gasteiger partial charge in [-0.25, -0.2) is 13.6 Å². The molecule has 27 heavy (non-hydrogen) atoms. The van der Waals surface area contributed by atoms with Gasteiger partial charge in [-0.3, -0.25) is 0 Å². The minimum Gasteiger partial charge on any atom is -0.463 e. The van der Waals surface area contributed by atoms with Gasteiger partial charge in [0.2, 0.25) is 12.6 Å². The van der Waals surface area contributed by atoms with Crippen LogP contribution in [0.25, 0.3) is 0 Å². The van der Waals surface area contributed by atoms with Crippen LogP contribution in [0, 0.1) is 0 Å². The van der Waals surface area contributed by atoms with Crippen molar-refractivity contribution in [3.8, 4) is 11.5 Å². The van der Waals surface area contributed by atoms with Crippen molar-refractivity contribution in [3.05, 3.63) is 56.5 Å². The lowest BCUT2D eigenvalue weighted by Gasteiger charge is -2.22. The molecule has 0 aliphatic heterocycles. The zero-order valence-corrected chi connectivity index (χ0v) is 18.0. The minimum absolute atomic E-state index is 0.223. The summed E-state index contributed by atoms with van der Waals surface area (Å²) >= 11 is 23.5. The minimum atomic E-state index is -4.52. The van der Waals surface area contributed by atoms with E-state index in [1.807, 2.05) is 0 Å². The number of rotatable bonds is 8. The molecule has 0 aliphatic carbocycles. The average Bonchev–Trinajstić information content (AvgIpc) is 2.51. The van der Waals surface area contributed by atoms with Gasteiger partial charge in [0, 0.05) is 10.0 Å². The Balaban J connectivity index is 1.93. The lowest BCUT2D eigenvalue weighted by molar-refractivity contribution is -0.0495. The standard InChI is InChI=1S/C16H15Cl4O6P/c1-9(23-15-5-3-11(17)7-13(15)19)25-27(21,22)26-10(2)24-16-6-4-12(18)8-14(16)20/h3-10H,1-2H3,(H,21,22). The van der Waals surface area contributed by atoms with Gasteiger partial charge in [-0.05, 0) is 50.2 Å². The molecule has 2 aromatic rings. The molecule has 2 unspecified atom stereocenters. The normalized spacial score (nSPS) is 15.7. The fourth-order valence-electron chi connectivity index (χ4n) is 1.94. The Morgan fingerprint density at radius 1 is 0.815 bits per heavy atom. The van der Waals surface area contributed by atoms with Crippen LogP contribution in [0.3, 0.4) is 0 Å². The van der Waals surface area contributed by atoms with Gasteiger partial charge in [-0.15, -0.1) is 0 Å². The highest BCUT2D eigenvalue weighted by atomic mass is 35.5. The summed E-state index contributed by atoms with van der Waals surface area (Å²) in [5.41, 5.74) is 0. The summed E-state index contributed by atoms with van der Waals surface area (Å²) in [5, 5.41) is 1.29. The molecular weight excluding hydrogens is 461 g/mol. The Labute approximate surface area is 176 Å². The number of hydrogen-bond donors (Lipinski definition) is 1. The van der Waals surface area contributed by atoms with E-state index in [0.717, 1.165) is 0 Å². The quantitative estimate of drug-likeness (QED) is 0.343. The first kappa shape index (κ1) is 22.6. The van der Waals surface area contributed by atoms with Gasteiger partial charge in [0.25, 0.3) is 0 Å². The zero-order valence-electron chi connectivity index (χ0n) is 14.1. The zero-order chi connectivity index (χ0) is 20.2. The molecule has 1 N–H and O–H groups in total. The van der Waals surface area contributed by atoms with Crippen molar-refractivity contribution in [3.63, 3.8) is 0 Å². The number of phosphoric ester groups is 1. The monoisotopic (exact) mass is 474 g/mol. The van der Waals surface area contributed by atoms with Crippen LogP contribution in [-0.4, -0.2) is 17.5 Å². The molecular formula is C16H15Cl4O6P. The molecule has 2 aromatic carbocycles. The van der Waals surface area contributed by atoms with Crippen molar-refractivity contribution in [1.82, 2.24) is 0 Å². The van der Waals surface area contributed by atoms with Gasteiger partial charge in [0.1, 0.15) is 11.5 Å². The van der Waals surface area contributed by atoms with E-state index >= 15 is 0 Å². The van der Waals surface area contributed by atoms with Crippen molar-refractivity contribution in [2.24, 2.45) is 0 Å². The molecule has 148 valence electrons. The van der Waals surface area contributed by atoms with Gasteiger partial charge in [0.15, 0.2) is 0 Å². The molecule has 0 aliphatic rings. The van der Waals surface area contributed by atoms with Crippen molar-refractivity contribution in [2.75, 3.05) is 0 Å². The first-order chi connectivity index (χ1) is 12.6. The fraction of sp³-hybridized carbons (Fsp3) is 0.250. The maximum atomic E-state index is 12.1. The summed E-state index contributed by atoms with van der Waals surface area (Å²) in [6.45, 7) is 2.80. The molecule has 0 heterocycles. The van der Waals surface area contributed by atoms with Crippen LogP contribution in [0.5, 0.6) is 11.5 Å². The average molecular weight is 476 g/mol. The molecule has 0 saturated carbocycles. The summed E-state index contributed by atoms with van der Waals surface area (Å²) < 4.78 is 32.7. The number of halogens is 4. The lowest BCUT2D eigenvalue weighted by atomic mass is 10.3. The highest BCUT2D eigenvalue weighted by Gasteiger charge is 2.29. The number of benzene rings is 2. The predicted octanol–water partition coefficient (Wildman–Crippen LogP) is 6.58. The van der Waals surface area contributed by atoms with Gasteiger partial charge < -0.3 is 14.4 Å². The Morgan fingerprint density at radius 2 is 1.19 bits per heavy atom. The second-order valence-electron chi connectivity index (χ2n) is 5.20. The Hall–Kier alpha value is -0.690. The van der Waals surface area contributed by atoms with Crippen LogP contribution < -0.4 is 9.47 Å². The Kier molecular flexibility index (Phi) is 8.10. The van der Waals surface area contributed by atoms with E-state index in [-0.39, 0.29) is 21.5 Å². The first-order valence-corrected chi connectivity index (χ1v) is 10.5. The summed E-state index contributed by atoms with van der Waals surface area (Å²) in [6.07, 6.45) is -2.29. The van der Waals surface area contributed by atoms with E-state index in [9.17, 15) is 9.46 Å². The predicted molar refractivity (Wildman–Crippen MR) is 105 cm³/mol. The molecule has 0 saturated heterocycles. The lowest BCUT2D eigenvalue weighted by Crippen LogP contribution is -2.20. The second-order valence-corrected chi connectivity index (χ2v) is 8.25. The first-order valence-electron chi connectivity index (χ1n) is 7.49. The van der Waals surface area contributed by atoms with Gasteiger partial charge >= 0.3 is 7.82 Å². The number of phosphoric acid groups is 1. The third kappa shape index (κ3) is 7.33. The number of ether oxygens (including phenoxy) is 2. The van der Waals surface area contributed by atoms with Crippen molar-refractivity contribution in [2.45, 2.75) is 26.4 Å². The van der Waals surface area contributed by atoms with Gasteiger partial charge in [-0.2, -0.15) is 0 Å².